The molecule has 0 aliphatic carbocycles. The number of hydrogen-bond acceptors (Lipinski definition) is 14. The van der Waals surface area contributed by atoms with Gasteiger partial charge in [0.1, 0.15) is 25.4 Å². The molecule has 0 amide bonds. The molecule has 0 bridgehead atoms. The van der Waals surface area contributed by atoms with E-state index >= 15 is 0 Å². The van der Waals surface area contributed by atoms with Crippen molar-refractivity contribution in [2.24, 2.45) is 0 Å². The lowest BCUT2D eigenvalue weighted by atomic mass is 10.1. The average Bonchev–Trinajstić information content (AvgIpc) is 2.30. The molecule has 0 aromatic carbocycles. The van der Waals surface area contributed by atoms with Gasteiger partial charge >= 0.3 is 33.6 Å². The van der Waals surface area contributed by atoms with E-state index in [-0.39, 0.29) is 19.3 Å². The summed E-state index contributed by atoms with van der Waals surface area (Å²) < 4.78 is 61.1. The fourth-order valence-corrected chi connectivity index (χ4v) is 10.8. The van der Waals surface area contributed by atoms with Gasteiger partial charge < -0.3 is 34.2 Å². The Balaban J connectivity index is 4.77. The Morgan fingerprint density at radius 1 is 0.293 bits per heavy atom. The molecule has 5 unspecified atom stereocenters. The molecule has 5 atom stereocenters. The molecule has 0 fully saturated rings. The van der Waals surface area contributed by atoms with E-state index < -0.39 is 91.5 Å². The largest absolute Gasteiger partial charge is 0.472 e. The molecular formula is C81H132O16P2. The second-order valence-electron chi connectivity index (χ2n) is 24.3. The number of ether oxygens (including phenoxy) is 3. The van der Waals surface area contributed by atoms with Crippen molar-refractivity contribution in [3.63, 3.8) is 0 Å². The number of allylic oxidation sites excluding steroid dienone is 28. The number of aliphatic hydroxyl groups excluding tert-OH is 2. The molecule has 0 saturated heterocycles. The average molecular weight is 1420 g/mol. The molecule has 0 rings (SSSR count). The first kappa shape index (κ1) is 93.9. The number of phosphoric acid groups is 2. The molecule has 18 heteroatoms. The van der Waals surface area contributed by atoms with E-state index in [1.165, 1.54) is 25.7 Å². The molecule has 0 aromatic rings. The number of carbonyl (C=O) groups is 3. The van der Waals surface area contributed by atoms with Crippen LogP contribution >= 0.6 is 15.6 Å². The molecule has 0 heterocycles. The van der Waals surface area contributed by atoms with Crippen LogP contribution in [0.3, 0.4) is 0 Å². The van der Waals surface area contributed by atoms with Crippen molar-refractivity contribution in [1.29, 1.82) is 0 Å². The molecule has 0 aromatic heterocycles. The lowest BCUT2D eigenvalue weighted by Crippen LogP contribution is -2.30. The lowest BCUT2D eigenvalue weighted by molar-refractivity contribution is -0.161. The summed E-state index contributed by atoms with van der Waals surface area (Å²) in [4.78, 5) is 58.6. The third-order valence-electron chi connectivity index (χ3n) is 14.9. The predicted molar refractivity (Wildman–Crippen MR) is 408 cm³/mol. The molecule has 0 aliphatic rings. The van der Waals surface area contributed by atoms with Crippen molar-refractivity contribution >= 4 is 33.6 Å². The highest BCUT2D eigenvalue weighted by atomic mass is 31.2. The van der Waals surface area contributed by atoms with E-state index in [0.717, 1.165) is 180 Å². The monoisotopic (exact) mass is 1420 g/mol. The Kier molecular flexibility index (Phi) is 69.0. The zero-order valence-corrected chi connectivity index (χ0v) is 62.9. The summed E-state index contributed by atoms with van der Waals surface area (Å²) in [6, 6.07) is 0. The molecular weight excluding hydrogens is 1290 g/mol. The number of rotatable bonds is 69. The zero-order chi connectivity index (χ0) is 72.3. The number of aliphatic hydroxyl groups is 2. The first-order valence-corrected chi connectivity index (χ1v) is 40.4. The van der Waals surface area contributed by atoms with Crippen LogP contribution in [0.4, 0.5) is 0 Å². The van der Waals surface area contributed by atoms with Gasteiger partial charge in [-0.25, -0.2) is 9.13 Å². The number of esters is 3. The fourth-order valence-electron chi connectivity index (χ4n) is 9.25. The molecule has 16 nitrogen and oxygen atoms in total. The highest BCUT2D eigenvalue weighted by Crippen LogP contribution is 2.45. The Morgan fingerprint density at radius 2 is 0.535 bits per heavy atom. The summed E-state index contributed by atoms with van der Waals surface area (Å²) in [5.41, 5.74) is 0. The molecule has 0 spiro atoms. The van der Waals surface area contributed by atoms with Crippen LogP contribution < -0.4 is 0 Å². The topological polar surface area (TPSA) is 231 Å². The smallest absolute Gasteiger partial charge is 0.463 e. The van der Waals surface area contributed by atoms with Gasteiger partial charge in [-0.3, -0.25) is 32.5 Å². The van der Waals surface area contributed by atoms with E-state index in [2.05, 4.69) is 191 Å². The maximum atomic E-state index is 13.0. The first-order valence-electron chi connectivity index (χ1n) is 37.4. The molecule has 0 saturated carbocycles. The van der Waals surface area contributed by atoms with Crippen molar-refractivity contribution < 1.29 is 75.8 Å². The summed E-state index contributed by atoms with van der Waals surface area (Å²) in [5, 5.41) is 20.6. The predicted octanol–water partition coefficient (Wildman–Crippen LogP) is 21.6. The van der Waals surface area contributed by atoms with Crippen LogP contribution in [0, 0.1) is 0 Å². The summed E-state index contributed by atoms with van der Waals surface area (Å²) in [7, 11) is -9.82. The van der Waals surface area contributed by atoms with Gasteiger partial charge in [0, 0.05) is 19.3 Å². The first-order chi connectivity index (χ1) is 48.2. The lowest BCUT2D eigenvalue weighted by Gasteiger charge is -2.21. The van der Waals surface area contributed by atoms with Crippen LogP contribution in [0.2, 0.25) is 0 Å². The van der Waals surface area contributed by atoms with Crippen molar-refractivity contribution in [1.82, 2.24) is 0 Å². The van der Waals surface area contributed by atoms with Crippen LogP contribution in [-0.4, -0.2) is 95.9 Å². The van der Waals surface area contributed by atoms with Gasteiger partial charge in [-0.05, 0) is 154 Å². The zero-order valence-electron chi connectivity index (χ0n) is 61.1. The van der Waals surface area contributed by atoms with Gasteiger partial charge in [-0.2, -0.15) is 0 Å². The third kappa shape index (κ3) is 73.9. The van der Waals surface area contributed by atoms with E-state index in [9.17, 15) is 43.5 Å². The Bertz CT molecular complexity index is 2480. The van der Waals surface area contributed by atoms with Crippen molar-refractivity contribution in [2.75, 3.05) is 39.6 Å². The number of unbranched alkanes of at least 4 members (excludes halogenated alkanes) is 18. The van der Waals surface area contributed by atoms with Crippen molar-refractivity contribution in [3.8, 4) is 0 Å². The number of phosphoric ester groups is 2. The molecule has 0 radical (unpaired) electrons. The van der Waals surface area contributed by atoms with Crippen molar-refractivity contribution in [2.45, 2.75) is 283 Å². The van der Waals surface area contributed by atoms with E-state index in [1.54, 1.807) is 0 Å². The summed E-state index contributed by atoms with van der Waals surface area (Å²) in [6.45, 7) is 2.33. The van der Waals surface area contributed by atoms with Gasteiger partial charge in [-0.15, -0.1) is 0 Å². The molecule has 562 valence electrons. The Hall–Kier alpha value is -5.09. The van der Waals surface area contributed by atoms with Crippen LogP contribution in [0.5, 0.6) is 0 Å². The van der Waals surface area contributed by atoms with Crippen LogP contribution in [0.1, 0.15) is 265 Å². The normalized spacial score (nSPS) is 15.0. The third-order valence-corrected chi connectivity index (χ3v) is 16.8. The maximum absolute atomic E-state index is 13.0. The van der Waals surface area contributed by atoms with Crippen LogP contribution in [-0.2, 0) is 55.8 Å². The number of carbonyl (C=O) groups excluding carboxylic acids is 3. The van der Waals surface area contributed by atoms with Crippen molar-refractivity contribution in [3.05, 3.63) is 170 Å². The van der Waals surface area contributed by atoms with E-state index in [4.69, 9.17) is 32.3 Å². The van der Waals surface area contributed by atoms with Crippen LogP contribution in [0.25, 0.3) is 0 Å². The fraction of sp³-hybridized carbons (Fsp3) is 0.617. The Labute approximate surface area is 599 Å². The highest BCUT2D eigenvalue weighted by molar-refractivity contribution is 7.47. The number of hydrogen-bond donors (Lipinski definition) is 4. The minimum Gasteiger partial charge on any atom is -0.463 e. The second-order valence-corrected chi connectivity index (χ2v) is 27.2. The van der Waals surface area contributed by atoms with Gasteiger partial charge in [-0.1, -0.05) is 262 Å². The molecule has 4 N–H and O–H groups in total. The van der Waals surface area contributed by atoms with Gasteiger partial charge in [0.05, 0.1) is 26.4 Å². The van der Waals surface area contributed by atoms with Gasteiger partial charge in [0.15, 0.2) is 6.10 Å². The van der Waals surface area contributed by atoms with Gasteiger partial charge in [0.25, 0.3) is 0 Å². The SMILES string of the molecule is CC/C=C\C/C=C\C/C=C\C/C=C\C/C=C\C/C=C\CCCCCCC(=O)OCC(O)COP(=O)(O)OCC(O)COP(=O)(O)OCC(COC(=O)CCCCCCC/C=C\C/C=C\C/C=C\C/C=C\CCCCC)OC(=O)CCCCCCCC/C=C\C/C=C\C/C=C\C/C=C\CC. The quantitative estimate of drug-likeness (QED) is 0.0146. The Morgan fingerprint density at radius 3 is 0.848 bits per heavy atom. The van der Waals surface area contributed by atoms with Crippen LogP contribution in [0.15, 0.2) is 170 Å². The second kappa shape index (κ2) is 72.7. The minimum absolute atomic E-state index is 0.0766. The van der Waals surface area contributed by atoms with E-state index in [0.29, 0.717) is 19.3 Å². The minimum atomic E-state index is -4.95. The van der Waals surface area contributed by atoms with Gasteiger partial charge in [0.2, 0.25) is 0 Å². The standard InChI is InChI=1S/C81H132O16P2/c1-4-7-10-13-16-19-22-25-28-31-34-36-37-39-42-43-46-49-52-55-58-61-64-67-79(84)91-70-76(82)71-93-98(87,88)94-72-77(83)73-95-99(89,90)96-75-78(97-81(86)69-66-63-60-57-54-51-48-45-40-33-30-27-24-21-18-15-12-9-6-3)74-92-80(85)68-65-62-59-56-53-50-47-44-41-38-35-32-29-26-23-20-17-14-11-8-5-2/h7,9-10,12,16-21,25-30,34-36,38-40,42,44-47,49,76-78,82-83H,4-6,8,11,13-15,22-24,31-33,37,41,43,48,50-75H2,1-3H3,(H,87,88)(H,89,90)/b10-7-,12-9-,19-16-,20-17-,21-18-,28-25-,29-26-,30-27-,36-34-,38-35-,42-39-,45-40-,47-44-,49-46-. The maximum Gasteiger partial charge on any atom is 0.472 e. The summed E-state index contributed by atoms with van der Waals surface area (Å²) >= 11 is 0. The molecule has 99 heavy (non-hydrogen) atoms. The summed E-state index contributed by atoms with van der Waals surface area (Å²) in [5.74, 6) is -1.65. The van der Waals surface area contributed by atoms with E-state index in [1.807, 2.05) is 0 Å². The molecule has 0 aliphatic heterocycles. The highest BCUT2D eigenvalue weighted by Gasteiger charge is 2.29. The summed E-state index contributed by atoms with van der Waals surface area (Å²) in [6.07, 6.45) is 91.0.